The number of nitrogens with one attached hydrogen (secondary N) is 1. The lowest BCUT2D eigenvalue weighted by Crippen LogP contribution is -2.03. The zero-order chi connectivity index (χ0) is 14.7. The first-order valence-electron chi connectivity index (χ1n) is 5.89. The number of rotatable bonds is 4. The summed E-state index contributed by atoms with van der Waals surface area (Å²) in [6, 6.07) is 7.66. The molecule has 0 bridgehead atoms. The number of aryl methyl sites for hydroxylation is 1. The van der Waals surface area contributed by atoms with Crippen LogP contribution in [0.1, 0.15) is 11.1 Å². The molecule has 2 aromatic rings. The van der Waals surface area contributed by atoms with Crippen LogP contribution >= 0.6 is 0 Å². The third-order valence-corrected chi connectivity index (χ3v) is 2.76. The predicted octanol–water partition coefficient (Wildman–Crippen LogP) is 3.79. The molecule has 2 aromatic carbocycles. The van der Waals surface area contributed by atoms with Gasteiger partial charge in [0.25, 0.3) is 5.69 Å². The Hall–Kier alpha value is -2.50. The summed E-state index contributed by atoms with van der Waals surface area (Å²) < 4.78 is 26.5. The third-order valence-electron chi connectivity index (χ3n) is 2.76. The van der Waals surface area contributed by atoms with Crippen molar-refractivity contribution in [2.24, 2.45) is 0 Å². The van der Waals surface area contributed by atoms with E-state index in [9.17, 15) is 18.9 Å². The highest BCUT2D eigenvalue weighted by atomic mass is 19.1. The average molecular weight is 278 g/mol. The van der Waals surface area contributed by atoms with Gasteiger partial charge in [0.2, 0.25) is 0 Å². The number of halogens is 2. The fourth-order valence-electron chi connectivity index (χ4n) is 1.85. The molecule has 0 aromatic heterocycles. The zero-order valence-electron chi connectivity index (χ0n) is 10.7. The lowest BCUT2D eigenvalue weighted by molar-refractivity contribution is -0.384. The molecule has 20 heavy (non-hydrogen) atoms. The molecule has 0 aliphatic rings. The van der Waals surface area contributed by atoms with Crippen LogP contribution in [0, 0.1) is 28.7 Å². The van der Waals surface area contributed by atoms with Gasteiger partial charge < -0.3 is 5.32 Å². The summed E-state index contributed by atoms with van der Waals surface area (Å²) in [5.74, 6) is -1.06. The monoisotopic (exact) mass is 278 g/mol. The summed E-state index contributed by atoms with van der Waals surface area (Å²) in [4.78, 5) is 10.2. The Kier molecular flexibility index (Phi) is 3.93. The number of benzene rings is 2. The minimum atomic E-state index is -0.529. The van der Waals surface area contributed by atoms with Crippen molar-refractivity contribution in [3.05, 3.63) is 69.3 Å². The molecule has 4 nitrogen and oxygen atoms in total. The summed E-state index contributed by atoms with van der Waals surface area (Å²) in [5.41, 5.74) is 1.31. The van der Waals surface area contributed by atoms with Gasteiger partial charge in [0.15, 0.2) is 0 Å². The largest absolute Gasteiger partial charge is 0.381 e. The van der Waals surface area contributed by atoms with Crippen molar-refractivity contribution in [3.8, 4) is 0 Å². The van der Waals surface area contributed by atoms with Gasteiger partial charge in [0.05, 0.1) is 4.92 Å². The molecular weight excluding hydrogens is 266 g/mol. The molecule has 1 N–H and O–H groups in total. The quantitative estimate of drug-likeness (QED) is 0.683. The summed E-state index contributed by atoms with van der Waals surface area (Å²) in [6.45, 7) is 1.77. The Labute approximate surface area is 114 Å². The second kappa shape index (κ2) is 5.64. The summed E-state index contributed by atoms with van der Waals surface area (Å²) in [5, 5.41) is 13.6. The number of hydrogen-bond acceptors (Lipinski definition) is 3. The minimum Gasteiger partial charge on any atom is -0.381 e. The van der Waals surface area contributed by atoms with Gasteiger partial charge in [-0.3, -0.25) is 10.1 Å². The van der Waals surface area contributed by atoms with Gasteiger partial charge in [-0.25, -0.2) is 8.78 Å². The van der Waals surface area contributed by atoms with E-state index in [2.05, 4.69) is 5.32 Å². The maximum atomic E-state index is 13.4. The highest BCUT2D eigenvalue weighted by molar-refractivity contribution is 5.54. The van der Waals surface area contributed by atoms with E-state index in [-0.39, 0.29) is 17.8 Å². The van der Waals surface area contributed by atoms with Crippen LogP contribution in [0.4, 0.5) is 20.2 Å². The molecule has 6 heteroatoms. The lowest BCUT2D eigenvalue weighted by Gasteiger charge is -2.08. The van der Waals surface area contributed by atoms with Crippen molar-refractivity contribution in [2.45, 2.75) is 13.5 Å². The van der Waals surface area contributed by atoms with Gasteiger partial charge in [-0.1, -0.05) is 0 Å². The zero-order valence-corrected chi connectivity index (χ0v) is 10.7. The highest BCUT2D eigenvalue weighted by Crippen LogP contribution is 2.21. The molecule has 0 spiro atoms. The first-order valence-corrected chi connectivity index (χ1v) is 5.89. The number of anilines is 1. The van der Waals surface area contributed by atoms with Gasteiger partial charge >= 0.3 is 0 Å². The second-order valence-electron chi connectivity index (χ2n) is 4.40. The lowest BCUT2D eigenvalue weighted by atomic mass is 10.1. The average Bonchev–Trinajstić information content (AvgIpc) is 2.39. The maximum absolute atomic E-state index is 13.4. The smallest absolute Gasteiger partial charge is 0.271 e. The van der Waals surface area contributed by atoms with E-state index < -0.39 is 16.6 Å². The Morgan fingerprint density at radius 2 is 1.95 bits per heavy atom. The molecule has 2 rings (SSSR count). The first-order chi connectivity index (χ1) is 9.45. The van der Waals surface area contributed by atoms with Crippen LogP contribution in [0.2, 0.25) is 0 Å². The van der Waals surface area contributed by atoms with Crippen LogP contribution in [-0.2, 0) is 6.54 Å². The predicted molar refractivity (Wildman–Crippen MR) is 71.5 cm³/mol. The summed E-state index contributed by atoms with van der Waals surface area (Å²) in [7, 11) is 0. The summed E-state index contributed by atoms with van der Waals surface area (Å²) >= 11 is 0. The van der Waals surface area contributed by atoms with Gasteiger partial charge in [-0.2, -0.15) is 0 Å². The number of nitro groups is 1. The van der Waals surface area contributed by atoms with E-state index in [1.165, 1.54) is 12.1 Å². The molecule has 0 amide bonds. The van der Waals surface area contributed by atoms with E-state index in [1.54, 1.807) is 13.0 Å². The highest BCUT2D eigenvalue weighted by Gasteiger charge is 2.09. The molecular formula is C14H12F2N2O2. The van der Waals surface area contributed by atoms with Crippen LogP contribution in [0.5, 0.6) is 0 Å². The van der Waals surface area contributed by atoms with Crippen molar-refractivity contribution in [3.63, 3.8) is 0 Å². The minimum absolute atomic E-state index is 0.0458. The molecule has 0 saturated heterocycles. The van der Waals surface area contributed by atoms with Crippen LogP contribution in [-0.4, -0.2) is 4.92 Å². The van der Waals surface area contributed by atoms with Crippen molar-refractivity contribution in [2.75, 3.05) is 5.32 Å². The third kappa shape index (κ3) is 3.28. The van der Waals surface area contributed by atoms with E-state index in [4.69, 9.17) is 0 Å². The number of nitrogens with zero attached hydrogens (tertiary/aromatic N) is 1. The fraction of sp³-hybridized carbons (Fsp3) is 0.143. The second-order valence-corrected chi connectivity index (χ2v) is 4.40. The van der Waals surface area contributed by atoms with E-state index in [0.29, 0.717) is 11.3 Å². The molecule has 0 heterocycles. The van der Waals surface area contributed by atoms with Crippen LogP contribution in [0.25, 0.3) is 0 Å². The van der Waals surface area contributed by atoms with Gasteiger partial charge in [-0.15, -0.1) is 0 Å². The molecule has 0 fully saturated rings. The van der Waals surface area contributed by atoms with E-state index in [0.717, 1.165) is 18.2 Å². The standard InChI is InChI=1S/C14H12F2N2O2/c1-9-4-12(7-13(5-9)18(19)20)17-8-10-6-11(15)2-3-14(10)16/h2-7,17H,8H2,1H3. The van der Waals surface area contributed by atoms with Crippen molar-refractivity contribution >= 4 is 11.4 Å². The topological polar surface area (TPSA) is 55.2 Å². The summed E-state index contributed by atoms with van der Waals surface area (Å²) in [6.07, 6.45) is 0. The number of non-ortho nitro benzene ring substituents is 1. The van der Waals surface area contributed by atoms with Gasteiger partial charge in [0, 0.05) is 29.9 Å². The number of hydrogen-bond donors (Lipinski definition) is 1. The molecule has 0 atom stereocenters. The SMILES string of the molecule is Cc1cc(NCc2cc(F)ccc2F)cc([N+](=O)[O-])c1. The van der Waals surface area contributed by atoms with Crippen LogP contribution in [0.15, 0.2) is 36.4 Å². The Bertz CT molecular complexity index is 660. The van der Waals surface area contributed by atoms with Crippen LogP contribution in [0.3, 0.4) is 0 Å². The molecule has 0 radical (unpaired) electrons. The Balaban J connectivity index is 2.18. The van der Waals surface area contributed by atoms with Gasteiger partial charge in [-0.05, 0) is 36.8 Å². The van der Waals surface area contributed by atoms with Gasteiger partial charge in [0.1, 0.15) is 11.6 Å². The Morgan fingerprint density at radius 1 is 1.20 bits per heavy atom. The number of nitro benzene ring substituents is 1. The van der Waals surface area contributed by atoms with Crippen molar-refractivity contribution < 1.29 is 13.7 Å². The first kappa shape index (κ1) is 13.9. The molecule has 0 unspecified atom stereocenters. The normalized spacial score (nSPS) is 10.3. The maximum Gasteiger partial charge on any atom is 0.271 e. The molecule has 0 aliphatic heterocycles. The van der Waals surface area contributed by atoms with E-state index in [1.807, 2.05) is 0 Å². The van der Waals surface area contributed by atoms with Crippen molar-refractivity contribution in [1.82, 2.24) is 0 Å². The molecule has 0 aliphatic carbocycles. The van der Waals surface area contributed by atoms with Crippen molar-refractivity contribution in [1.29, 1.82) is 0 Å². The van der Waals surface area contributed by atoms with E-state index >= 15 is 0 Å². The Morgan fingerprint density at radius 3 is 2.65 bits per heavy atom. The molecule has 0 saturated carbocycles. The fourth-order valence-corrected chi connectivity index (χ4v) is 1.85. The van der Waals surface area contributed by atoms with Crippen LogP contribution < -0.4 is 5.32 Å². The molecule has 104 valence electrons.